The van der Waals surface area contributed by atoms with Gasteiger partial charge >= 0.3 is 6.03 Å². The van der Waals surface area contributed by atoms with E-state index in [9.17, 15) is 14.7 Å². The smallest absolute Gasteiger partial charge is 0.325 e. The van der Waals surface area contributed by atoms with Crippen LogP contribution in [0.1, 0.15) is 39.5 Å². The predicted molar refractivity (Wildman–Crippen MR) is 62.3 cm³/mol. The van der Waals surface area contributed by atoms with E-state index in [0.717, 1.165) is 12.8 Å². The number of imide groups is 1. The molecule has 1 aliphatic heterocycles. The molecule has 1 saturated heterocycles. The number of β-amino-alcohol motifs (C(OH)–C–C–N with tert-alkyl or cyclic N) is 1. The SMILES string of the molecule is CC(O)CN1C(=O)NC(=O)C12CCCC(C)C2. The molecule has 17 heavy (non-hydrogen) atoms. The van der Waals surface area contributed by atoms with Crippen molar-refractivity contribution in [3.63, 3.8) is 0 Å². The van der Waals surface area contributed by atoms with Gasteiger partial charge in [0.15, 0.2) is 0 Å². The average molecular weight is 240 g/mol. The number of amides is 3. The first-order valence-electron chi connectivity index (χ1n) is 6.27. The number of hydrogen-bond acceptors (Lipinski definition) is 3. The summed E-state index contributed by atoms with van der Waals surface area (Å²) in [4.78, 5) is 25.4. The van der Waals surface area contributed by atoms with Gasteiger partial charge in [-0.25, -0.2) is 4.79 Å². The monoisotopic (exact) mass is 240 g/mol. The molecule has 3 atom stereocenters. The molecule has 1 heterocycles. The molecule has 1 saturated carbocycles. The second-order valence-electron chi connectivity index (χ2n) is 5.45. The zero-order valence-electron chi connectivity index (χ0n) is 10.4. The lowest BCUT2D eigenvalue weighted by molar-refractivity contribution is -0.129. The summed E-state index contributed by atoms with van der Waals surface area (Å²) >= 11 is 0. The van der Waals surface area contributed by atoms with Crippen LogP contribution in [0, 0.1) is 5.92 Å². The van der Waals surface area contributed by atoms with Gasteiger partial charge < -0.3 is 10.0 Å². The number of nitrogens with zero attached hydrogens (tertiary/aromatic N) is 1. The highest BCUT2D eigenvalue weighted by Gasteiger charge is 2.54. The van der Waals surface area contributed by atoms with Crippen molar-refractivity contribution in [2.45, 2.75) is 51.2 Å². The Bertz CT molecular complexity index is 343. The molecule has 0 aromatic heterocycles. The molecule has 96 valence electrons. The van der Waals surface area contributed by atoms with Crippen molar-refractivity contribution < 1.29 is 14.7 Å². The Morgan fingerprint density at radius 1 is 1.59 bits per heavy atom. The lowest BCUT2D eigenvalue weighted by Gasteiger charge is -2.41. The molecule has 1 aliphatic carbocycles. The minimum atomic E-state index is -0.703. The molecule has 5 heteroatoms. The molecular weight excluding hydrogens is 220 g/mol. The average Bonchev–Trinajstić information content (AvgIpc) is 2.43. The van der Waals surface area contributed by atoms with Crippen LogP contribution in [0.4, 0.5) is 4.79 Å². The minimum absolute atomic E-state index is 0.185. The molecule has 0 bridgehead atoms. The Balaban J connectivity index is 2.27. The van der Waals surface area contributed by atoms with Crippen molar-refractivity contribution in [2.75, 3.05) is 6.54 Å². The standard InChI is InChI=1S/C12H20N2O3/c1-8-4-3-5-12(6-8)10(16)13-11(17)14(12)7-9(2)15/h8-9,15H,3-7H2,1-2H3,(H,13,16,17). The van der Waals surface area contributed by atoms with Crippen LogP contribution in [0.25, 0.3) is 0 Å². The van der Waals surface area contributed by atoms with E-state index in [1.54, 1.807) is 6.92 Å². The molecule has 1 spiro atoms. The van der Waals surface area contributed by atoms with Crippen LogP contribution < -0.4 is 5.32 Å². The van der Waals surface area contributed by atoms with Crippen molar-refractivity contribution in [2.24, 2.45) is 5.92 Å². The molecule has 0 aromatic rings. The van der Waals surface area contributed by atoms with Gasteiger partial charge in [0.1, 0.15) is 5.54 Å². The Hall–Kier alpha value is -1.10. The molecule has 3 unspecified atom stereocenters. The third kappa shape index (κ3) is 2.04. The lowest BCUT2D eigenvalue weighted by atomic mass is 9.75. The maximum absolute atomic E-state index is 12.0. The van der Waals surface area contributed by atoms with Crippen LogP contribution in [0.5, 0.6) is 0 Å². The third-order valence-corrected chi connectivity index (χ3v) is 3.83. The number of carbonyl (C=O) groups is 2. The highest BCUT2D eigenvalue weighted by atomic mass is 16.3. The molecular formula is C12H20N2O3. The van der Waals surface area contributed by atoms with E-state index >= 15 is 0 Å². The summed E-state index contributed by atoms with van der Waals surface area (Å²) in [7, 11) is 0. The fraction of sp³-hybridized carbons (Fsp3) is 0.833. The van der Waals surface area contributed by atoms with Crippen molar-refractivity contribution in [1.29, 1.82) is 0 Å². The quantitative estimate of drug-likeness (QED) is 0.704. The summed E-state index contributed by atoms with van der Waals surface area (Å²) in [5.41, 5.74) is -0.703. The number of rotatable bonds is 2. The van der Waals surface area contributed by atoms with Crippen LogP contribution in [0.3, 0.4) is 0 Å². The maximum atomic E-state index is 12.0. The van der Waals surface area contributed by atoms with E-state index in [2.05, 4.69) is 12.2 Å². The Kier molecular flexibility index (Phi) is 3.12. The Morgan fingerprint density at radius 2 is 2.29 bits per heavy atom. The zero-order valence-corrected chi connectivity index (χ0v) is 10.4. The molecule has 2 aliphatic rings. The van der Waals surface area contributed by atoms with Crippen LogP contribution in [-0.2, 0) is 4.79 Å². The molecule has 3 amide bonds. The number of carbonyl (C=O) groups excluding carboxylic acids is 2. The summed E-state index contributed by atoms with van der Waals surface area (Å²) < 4.78 is 0. The Morgan fingerprint density at radius 3 is 2.88 bits per heavy atom. The largest absolute Gasteiger partial charge is 0.392 e. The van der Waals surface area contributed by atoms with E-state index in [1.807, 2.05) is 0 Å². The van der Waals surface area contributed by atoms with E-state index < -0.39 is 11.6 Å². The molecule has 2 N–H and O–H groups in total. The number of aliphatic hydroxyl groups is 1. The van der Waals surface area contributed by atoms with Gasteiger partial charge in [-0.1, -0.05) is 19.8 Å². The summed E-state index contributed by atoms with van der Waals surface area (Å²) in [6.45, 7) is 3.97. The number of hydrogen-bond donors (Lipinski definition) is 2. The van der Waals surface area contributed by atoms with Crippen molar-refractivity contribution in [3.8, 4) is 0 Å². The highest BCUT2D eigenvalue weighted by molar-refractivity contribution is 6.07. The summed E-state index contributed by atoms with van der Waals surface area (Å²) in [6, 6.07) is -0.356. The van der Waals surface area contributed by atoms with Gasteiger partial charge in [0.2, 0.25) is 0 Å². The fourth-order valence-electron chi connectivity index (χ4n) is 3.09. The number of nitrogens with one attached hydrogen (secondary N) is 1. The van der Waals surface area contributed by atoms with Crippen molar-refractivity contribution in [3.05, 3.63) is 0 Å². The second-order valence-corrected chi connectivity index (χ2v) is 5.45. The van der Waals surface area contributed by atoms with Gasteiger partial charge in [-0.15, -0.1) is 0 Å². The normalized spacial score (nSPS) is 35.2. The van der Waals surface area contributed by atoms with Crippen molar-refractivity contribution in [1.82, 2.24) is 10.2 Å². The number of aliphatic hydroxyl groups excluding tert-OH is 1. The van der Waals surface area contributed by atoms with Gasteiger partial charge in [0.05, 0.1) is 6.10 Å². The first-order valence-corrected chi connectivity index (χ1v) is 6.27. The number of urea groups is 1. The lowest BCUT2D eigenvalue weighted by Crippen LogP contribution is -2.54. The van der Waals surface area contributed by atoms with Gasteiger partial charge in [-0.3, -0.25) is 10.1 Å². The summed E-state index contributed by atoms with van der Waals surface area (Å²) in [5.74, 6) is 0.256. The molecule has 0 aromatic carbocycles. The van der Waals surface area contributed by atoms with E-state index in [4.69, 9.17) is 0 Å². The minimum Gasteiger partial charge on any atom is -0.392 e. The van der Waals surface area contributed by atoms with Gasteiger partial charge in [-0.05, 0) is 25.7 Å². The van der Waals surface area contributed by atoms with Crippen LogP contribution in [0.2, 0.25) is 0 Å². The molecule has 2 rings (SSSR count). The summed E-state index contributed by atoms with van der Waals surface area (Å²) in [5, 5.41) is 11.9. The Labute approximate surface area is 101 Å². The van der Waals surface area contributed by atoms with E-state index in [0.29, 0.717) is 18.8 Å². The second kappa shape index (κ2) is 4.29. The van der Waals surface area contributed by atoms with Crippen molar-refractivity contribution >= 4 is 11.9 Å². The molecule has 5 nitrogen and oxygen atoms in total. The van der Waals surface area contributed by atoms with Gasteiger partial charge in [0.25, 0.3) is 5.91 Å². The van der Waals surface area contributed by atoms with Crippen LogP contribution >= 0.6 is 0 Å². The van der Waals surface area contributed by atoms with Gasteiger partial charge in [-0.2, -0.15) is 0 Å². The van der Waals surface area contributed by atoms with E-state index in [-0.39, 0.29) is 18.5 Å². The highest BCUT2D eigenvalue weighted by Crippen LogP contribution is 2.39. The fourth-order valence-corrected chi connectivity index (χ4v) is 3.09. The first-order chi connectivity index (χ1) is 7.95. The van der Waals surface area contributed by atoms with E-state index in [1.165, 1.54) is 4.90 Å². The topological polar surface area (TPSA) is 69.6 Å². The first kappa shape index (κ1) is 12.4. The zero-order chi connectivity index (χ0) is 12.6. The molecule has 0 radical (unpaired) electrons. The summed E-state index contributed by atoms with van der Waals surface area (Å²) in [6.07, 6.45) is 2.86. The van der Waals surface area contributed by atoms with Gasteiger partial charge in [0, 0.05) is 6.54 Å². The third-order valence-electron chi connectivity index (χ3n) is 3.83. The van der Waals surface area contributed by atoms with Crippen LogP contribution in [-0.4, -0.2) is 40.1 Å². The predicted octanol–water partition coefficient (Wildman–Crippen LogP) is 0.868. The van der Waals surface area contributed by atoms with Crippen LogP contribution in [0.15, 0.2) is 0 Å². The maximum Gasteiger partial charge on any atom is 0.325 e. The molecule has 2 fully saturated rings.